The number of aromatic nitrogens is 2. The average Bonchev–Trinajstić information content (AvgIpc) is 2.43. The second-order valence-corrected chi connectivity index (χ2v) is 4.62. The Morgan fingerprint density at radius 3 is 2.84 bits per heavy atom. The summed E-state index contributed by atoms with van der Waals surface area (Å²) in [7, 11) is 0. The number of hydrogen-bond acceptors (Lipinski definition) is 5. The number of carbonyl (C=O) groups is 1. The Morgan fingerprint density at radius 2 is 2.16 bits per heavy atom. The fraction of sp³-hybridized carbons (Fsp3) is 0.0833. The van der Waals surface area contributed by atoms with E-state index in [4.69, 9.17) is 5.84 Å². The molecule has 2 rings (SSSR count). The van der Waals surface area contributed by atoms with E-state index in [0.29, 0.717) is 17.2 Å². The van der Waals surface area contributed by atoms with E-state index in [1.807, 2.05) is 13.0 Å². The van der Waals surface area contributed by atoms with Crippen molar-refractivity contribution in [2.75, 3.05) is 10.7 Å². The summed E-state index contributed by atoms with van der Waals surface area (Å²) in [5.74, 6) is 5.77. The van der Waals surface area contributed by atoms with Gasteiger partial charge in [0.25, 0.3) is 5.91 Å². The highest BCUT2D eigenvalue weighted by molar-refractivity contribution is 9.10. The first kappa shape index (κ1) is 13.4. The van der Waals surface area contributed by atoms with Gasteiger partial charge < -0.3 is 10.7 Å². The summed E-state index contributed by atoms with van der Waals surface area (Å²) in [6.45, 7) is 1.84. The molecule has 0 atom stereocenters. The highest BCUT2D eigenvalue weighted by Crippen LogP contribution is 2.17. The third-order valence-electron chi connectivity index (χ3n) is 2.45. The Kier molecular flexibility index (Phi) is 4.08. The Balaban J connectivity index is 2.23. The lowest BCUT2D eigenvalue weighted by Gasteiger charge is -2.08. The molecule has 7 heteroatoms. The molecule has 6 nitrogen and oxygen atoms in total. The largest absolute Gasteiger partial charge is 0.308 e. The molecule has 2 heterocycles. The SMILES string of the molecule is Cc1nc(NC(=O)c2cccnc2NN)ccc1Br. The molecule has 0 saturated heterocycles. The molecule has 1 amide bonds. The van der Waals surface area contributed by atoms with E-state index in [0.717, 1.165) is 10.2 Å². The van der Waals surface area contributed by atoms with E-state index in [2.05, 4.69) is 36.6 Å². The van der Waals surface area contributed by atoms with Crippen molar-refractivity contribution < 1.29 is 4.79 Å². The molecule has 19 heavy (non-hydrogen) atoms. The molecule has 98 valence electrons. The van der Waals surface area contributed by atoms with Crippen LogP contribution in [0.3, 0.4) is 0 Å². The number of anilines is 2. The van der Waals surface area contributed by atoms with E-state index in [9.17, 15) is 4.79 Å². The summed E-state index contributed by atoms with van der Waals surface area (Å²) < 4.78 is 0.885. The zero-order valence-electron chi connectivity index (χ0n) is 10.1. The molecule has 0 aliphatic heterocycles. The van der Waals surface area contributed by atoms with Gasteiger partial charge in [0.2, 0.25) is 0 Å². The maximum absolute atomic E-state index is 12.1. The lowest BCUT2D eigenvalue weighted by molar-refractivity contribution is 0.102. The van der Waals surface area contributed by atoms with Gasteiger partial charge in [0.15, 0.2) is 5.82 Å². The first-order valence-corrected chi connectivity index (χ1v) is 6.27. The molecular formula is C12H12BrN5O. The van der Waals surface area contributed by atoms with Gasteiger partial charge in [0.1, 0.15) is 5.82 Å². The zero-order chi connectivity index (χ0) is 13.8. The van der Waals surface area contributed by atoms with Gasteiger partial charge in [0.05, 0.1) is 11.3 Å². The molecule has 4 N–H and O–H groups in total. The van der Waals surface area contributed by atoms with Crippen LogP contribution in [0.5, 0.6) is 0 Å². The number of nitrogens with zero attached hydrogens (tertiary/aromatic N) is 2. The van der Waals surface area contributed by atoms with E-state index in [1.165, 1.54) is 0 Å². The van der Waals surface area contributed by atoms with E-state index >= 15 is 0 Å². The molecule has 0 fully saturated rings. The summed E-state index contributed by atoms with van der Waals surface area (Å²) in [6.07, 6.45) is 1.55. The molecule has 0 radical (unpaired) electrons. The molecule has 0 aliphatic carbocycles. The number of nitrogens with two attached hydrogens (primary N) is 1. The quantitative estimate of drug-likeness (QED) is 0.594. The standard InChI is InChI=1S/C12H12BrN5O/c1-7-9(13)4-5-10(16-7)17-12(19)8-3-2-6-15-11(8)18-14/h2-6H,14H2,1H3,(H,15,18)(H,16,17,19). The van der Waals surface area contributed by atoms with Gasteiger partial charge >= 0.3 is 0 Å². The molecular weight excluding hydrogens is 310 g/mol. The van der Waals surface area contributed by atoms with E-state index < -0.39 is 0 Å². The molecule has 2 aromatic rings. The van der Waals surface area contributed by atoms with Crippen LogP contribution in [0.15, 0.2) is 34.9 Å². The normalized spacial score (nSPS) is 10.1. The van der Waals surface area contributed by atoms with Gasteiger partial charge in [0, 0.05) is 10.7 Å². The Hall–Kier alpha value is -1.99. The first-order valence-electron chi connectivity index (χ1n) is 5.48. The molecule has 0 spiro atoms. The smallest absolute Gasteiger partial charge is 0.260 e. The lowest BCUT2D eigenvalue weighted by Crippen LogP contribution is -2.18. The highest BCUT2D eigenvalue weighted by Gasteiger charge is 2.12. The molecule has 0 bridgehead atoms. The topological polar surface area (TPSA) is 92.9 Å². The van der Waals surface area contributed by atoms with Gasteiger partial charge in [-0.25, -0.2) is 15.8 Å². The maximum atomic E-state index is 12.1. The van der Waals surface area contributed by atoms with Crippen molar-refractivity contribution in [2.45, 2.75) is 6.92 Å². The number of pyridine rings is 2. The highest BCUT2D eigenvalue weighted by atomic mass is 79.9. The van der Waals surface area contributed by atoms with Gasteiger partial charge in [-0.3, -0.25) is 4.79 Å². The van der Waals surface area contributed by atoms with Crippen molar-refractivity contribution in [3.05, 3.63) is 46.2 Å². The second kappa shape index (κ2) is 5.77. The van der Waals surface area contributed by atoms with E-state index in [-0.39, 0.29) is 5.91 Å². The van der Waals surface area contributed by atoms with Crippen LogP contribution in [-0.2, 0) is 0 Å². The van der Waals surface area contributed by atoms with Crippen LogP contribution < -0.4 is 16.6 Å². The Labute approximate surface area is 118 Å². The van der Waals surface area contributed by atoms with Crippen molar-refractivity contribution in [1.82, 2.24) is 9.97 Å². The van der Waals surface area contributed by atoms with Gasteiger partial charge in [-0.1, -0.05) is 0 Å². The number of aryl methyl sites for hydroxylation is 1. The maximum Gasteiger partial charge on any atom is 0.260 e. The lowest BCUT2D eigenvalue weighted by atomic mass is 10.2. The van der Waals surface area contributed by atoms with Crippen LogP contribution in [0, 0.1) is 6.92 Å². The number of halogens is 1. The minimum absolute atomic E-state index is 0.314. The van der Waals surface area contributed by atoms with Gasteiger partial charge in [-0.2, -0.15) is 0 Å². The number of nitrogen functional groups attached to an aromatic ring is 1. The van der Waals surface area contributed by atoms with Crippen molar-refractivity contribution in [3.8, 4) is 0 Å². The van der Waals surface area contributed by atoms with Crippen molar-refractivity contribution in [1.29, 1.82) is 0 Å². The monoisotopic (exact) mass is 321 g/mol. The van der Waals surface area contributed by atoms with Crippen LogP contribution >= 0.6 is 15.9 Å². The molecule has 0 unspecified atom stereocenters. The molecule has 2 aromatic heterocycles. The molecule has 0 aliphatic rings. The van der Waals surface area contributed by atoms with Gasteiger partial charge in [-0.15, -0.1) is 0 Å². The Bertz CT molecular complexity index is 617. The predicted octanol–water partition coefficient (Wildman–Crippen LogP) is 2.09. The molecule has 0 saturated carbocycles. The minimum Gasteiger partial charge on any atom is -0.308 e. The minimum atomic E-state index is -0.324. The first-order chi connectivity index (χ1) is 9.11. The zero-order valence-corrected chi connectivity index (χ0v) is 11.7. The van der Waals surface area contributed by atoms with Crippen molar-refractivity contribution in [3.63, 3.8) is 0 Å². The number of hydrogen-bond donors (Lipinski definition) is 3. The van der Waals surface area contributed by atoms with Crippen LogP contribution in [0.4, 0.5) is 11.6 Å². The van der Waals surface area contributed by atoms with Crippen molar-refractivity contribution in [2.24, 2.45) is 5.84 Å². The molecule has 0 aromatic carbocycles. The number of rotatable bonds is 3. The third-order valence-corrected chi connectivity index (χ3v) is 3.29. The fourth-order valence-electron chi connectivity index (χ4n) is 1.50. The van der Waals surface area contributed by atoms with Crippen LogP contribution in [0.1, 0.15) is 16.1 Å². The number of amides is 1. The summed E-state index contributed by atoms with van der Waals surface area (Å²) in [5.41, 5.74) is 3.53. The van der Waals surface area contributed by atoms with E-state index in [1.54, 1.807) is 24.4 Å². The van der Waals surface area contributed by atoms with Crippen LogP contribution in [0.2, 0.25) is 0 Å². The number of nitrogens with one attached hydrogen (secondary N) is 2. The summed E-state index contributed by atoms with van der Waals surface area (Å²) >= 11 is 3.35. The van der Waals surface area contributed by atoms with Crippen LogP contribution in [0.25, 0.3) is 0 Å². The second-order valence-electron chi connectivity index (χ2n) is 3.76. The third kappa shape index (κ3) is 3.07. The summed E-state index contributed by atoms with van der Waals surface area (Å²) in [4.78, 5) is 20.3. The fourth-order valence-corrected chi connectivity index (χ4v) is 1.72. The average molecular weight is 322 g/mol. The van der Waals surface area contributed by atoms with Crippen molar-refractivity contribution >= 4 is 33.5 Å². The predicted molar refractivity (Wildman–Crippen MR) is 76.7 cm³/mol. The Morgan fingerprint density at radius 1 is 1.37 bits per heavy atom. The van der Waals surface area contributed by atoms with Crippen LogP contribution in [-0.4, -0.2) is 15.9 Å². The van der Waals surface area contributed by atoms with Gasteiger partial charge in [-0.05, 0) is 47.1 Å². The summed E-state index contributed by atoms with van der Waals surface area (Å²) in [6, 6.07) is 6.82. The number of hydrazine groups is 1. The number of carbonyl (C=O) groups excluding carboxylic acids is 1. The summed E-state index contributed by atoms with van der Waals surface area (Å²) in [5, 5.41) is 2.69.